The highest BCUT2D eigenvalue weighted by molar-refractivity contribution is 6.76. The number of ether oxygens (including phenoxy) is 1. The van der Waals surface area contributed by atoms with Crippen LogP contribution in [0, 0.1) is 0 Å². The molecule has 0 saturated carbocycles. The molecular weight excluding hydrogens is 608 g/mol. The summed E-state index contributed by atoms with van der Waals surface area (Å²) in [5, 5.41) is 9.65. The Kier molecular flexibility index (Phi) is 12.6. The molecule has 1 aliphatic rings. The molecule has 246 valence electrons. The largest absolute Gasteiger partial charge is 0.449 e. The van der Waals surface area contributed by atoms with Crippen molar-refractivity contribution in [2.24, 2.45) is 5.73 Å². The van der Waals surface area contributed by atoms with Crippen molar-refractivity contribution in [2.45, 2.75) is 38.0 Å². The number of primary amides is 1. The maximum Gasteiger partial charge on any atom is 0.407 e. The summed E-state index contributed by atoms with van der Waals surface area (Å²) in [6.07, 6.45) is 1.10. The number of fused-ring (bicyclic) bond motifs is 3. The van der Waals surface area contributed by atoms with E-state index in [0.29, 0.717) is 6.17 Å². The fourth-order valence-corrected chi connectivity index (χ4v) is 6.51. The van der Waals surface area contributed by atoms with Gasteiger partial charge < -0.3 is 36.6 Å². The minimum absolute atomic E-state index is 0.0885. The third kappa shape index (κ3) is 10.3. The number of rotatable bonds is 16. The number of alkyl carbamates (subject to hydrolysis) is 1. The lowest BCUT2D eigenvalue weighted by atomic mass is 9.98. The molecule has 0 spiro atoms. The molecule has 0 aliphatic heterocycles. The van der Waals surface area contributed by atoms with Crippen molar-refractivity contribution in [1.29, 1.82) is 0 Å². The first-order valence-corrected chi connectivity index (χ1v) is 18.6. The van der Waals surface area contributed by atoms with Gasteiger partial charge in [-0.2, -0.15) is 0 Å². The predicted molar refractivity (Wildman–Crippen MR) is 175 cm³/mol. The molecule has 6 N–H and O–H groups in total. The third-order valence-electron chi connectivity index (χ3n) is 7.09. The Morgan fingerprint density at radius 1 is 0.848 bits per heavy atom. The van der Waals surface area contributed by atoms with Gasteiger partial charge in [0.15, 0.2) is 0 Å². The van der Waals surface area contributed by atoms with Gasteiger partial charge in [-0.3, -0.25) is 24.0 Å². The Bertz CT molecular complexity index is 1430. The van der Waals surface area contributed by atoms with Crippen molar-refractivity contribution in [2.75, 3.05) is 39.0 Å². The molecular formula is C32H42N6O7Si. The van der Waals surface area contributed by atoms with E-state index in [1.807, 2.05) is 68.2 Å². The van der Waals surface area contributed by atoms with Gasteiger partial charge in [0.05, 0.1) is 27.7 Å². The summed E-state index contributed by atoms with van der Waals surface area (Å²) in [7, 11) is -1.97. The predicted octanol–water partition coefficient (Wildman–Crippen LogP) is 1.01. The molecule has 6 amide bonds. The van der Waals surface area contributed by atoms with E-state index in [2.05, 4.69) is 27.8 Å². The summed E-state index contributed by atoms with van der Waals surface area (Å²) >= 11 is 0. The van der Waals surface area contributed by atoms with Gasteiger partial charge in [-0.15, -0.1) is 6.58 Å². The topological polar surface area (TPSA) is 189 Å². The Morgan fingerprint density at radius 3 is 1.93 bits per heavy atom. The second-order valence-electron chi connectivity index (χ2n) is 12.0. The summed E-state index contributed by atoms with van der Waals surface area (Å²) in [5.74, 6) is -3.21. The van der Waals surface area contributed by atoms with Crippen molar-refractivity contribution in [3.05, 3.63) is 72.3 Å². The Hall–Kier alpha value is -4.98. The highest BCUT2D eigenvalue weighted by atomic mass is 28.3. The van der Waals surface area contributed by atoms with Crippen LogP contribution in [-0.2, 0) is 28.7 Å². The number of hydrogen-bond acceptors (Lipinski definition) is 7. The van der Waals surface area contributed by atoms with Crippen LogP contribution in [0.3, 0.4) is 0 Å². The second-order valence-corrected chi connectivity index (χ2v) is 17.5. The maximum absolute atomic E-state index is 13.3. The molecule has 0 fully saturated rings. The first-order valence-electron chi connectivity index (χ1n) is 14.9. The Morgan fingerprint density at radius 2 is 1.39 bits per heavy atom. The SMILES string of the molecule is C=CCC(C(=O)NCC(=O)NCC(N)=O)N(C[Si](C)(C)C)C(=O)CNC(=O)CNC(=O)OCC1c2ccccc2-c2ccccc21. The van der Waals surface area contributed by atoms with Crippen LogP contribution in [0.4, 0.5) is 4.79 Å². The highest BCUT2D eigenvalue weighted by Crippen LogP contribution is 2.44. The summed E-state index contributed by atoms with van der Waals surface area (Å²) in [6.45, 7) is 8.19. The molecule has 2 aromatic rings. The zero-order valence-corrected chi connectivity index (χ0v) is 27.4. The molecule has 0 bridgehead atoms. The van der Waals surface area contributed by atoms with E-state index in [1.54, 1.807) is 0 Å². The van der Waals surface area contributed by atoms with E-state index in [0.717, 1.165) is 22.3 Å². The summed E-state index contributed by atoms with van der Waals surface area (Å²) in [5.41, 5.74) is 9.33. The van der Waals surface area contributed by atoms with E-state index in [9.17, 15) is 28.8 Å². The van der Waals surface area contributed by atoms with Crippen LogP contribution in [0.15, 0.2) is 61.2 Å². The van der Waals surface area contributed by atoms with Crippen molar-refractivity contribution < 1.29 is 33.5 Å². The molecule has 3 rings (SSSR count). The van der Waals surface area contributed by atoms with Gasteiger partial charge in [-0.05, 0) is 28.7 Å². The van der Waals surface area contributed by atoms with Crippen molar-refractivity contribution >= 4 is 43.7 Å². The van der Waals surface area contributed by atoms with Gasteiger partial charge in [0.1, 0.15) is 19.2 Å². The molecule has 0 aromatic heterocycles. The fraction of sp³-hybridized carbons (Fsp3) is 0.375. The van der Waals surface area contributed by atoms with E-state index in [4.69, 9.17) is 10.5 Å². The Balaban J connectivity index is 1.53. The van der Waals surface area contributed by atoms with Gasteiger partial charge in [-0.1, -0.05) is 74.2 Å². The number of nitrogens with one attached hydrogen (secondary N) is 4. The lowest BCUT2D eigenvalue weighted by Gasteiger charge is -2.34. The highest BCUT2D eigenvalue weighted by Gasteiger charge is 2.33. The second kappa shape index (κ2) is 16.4. The Labute approximate surface area is 269 Å². The number of benzene rings is 2. The van der Waals surface area contributed by atoms with Crippen LogP contribution in [-0.4, -0.2) is 93.6 Å². The van der Waals surface area contributed by atoms with Gasteiger partial charge >= 0.3 is 6.09 Å². The number of carbonyl (C=O) groups is 6. The van der Waals surface area contributed by atoms with Crippen LogP contribution in [0.1, 0.15) is 23.5 Å². The summed E-state index contributed by atoms with van der Waals surface area (Å²) < 4.78 is 5.45. The monoisotopic (exact) mass is 650 g/mol. The van der Waals surface area contributed by atoms with Crippen LogP contribution >= 0.6 is 0 Å². The summed E-state index contributed by atoms with van der Waals surface area (Å²) in [4.78, 5) is 75.6. The minimum atomic E-state index is -1.97. The van der Waals surface area contributed by atoms with Crippen LogP contribution in [0.2, 0.25) is 19.6 Å². The number of hydrogen-bond donors (Lipinski definition) is 5. The lowest BCUT2D eigenvalue weighted by molar-refractivity contribution is -0.140. The number of nitrogens with zero attached hydrogens (tertiary/aromatic N) is 1. The molecule has 0 radical (unpaired) electrons. The maximum atomic E-state index is 13.3. The van der Waals surface area contributed by atoms with E-state index in [1.165, 1.54) is 11.0 Å². The zero-order chi connectivity index (χ0) is 33.9. The first-order chi connectivity index (χ1) is 21.8. The number of nitrogens with two attached hydrogens (primary N) is 1. The zero-order valence-electron chi connectivity index (χ0n) is 26.4. The van der Waals surface area contributed by atoms with Gasteiger partial charge in [-0.25, -0.2) is 4.79 Å². The number of carbonyl (C=O) groups excluding carboxylic acids is 6. The van der Waals surface area contributed by atoms with Crippen molar-refractivity contribution in [3.63, 3.8) is 0 Å². The molecule has 1 aliphatic carbocycles. The molecule has 14 heteroatoms. The summed E-state index contributed by atoms with van der Waals surface area (Å²) in [6, 6.07) is 14.9. The van der Waals surface area contributed by atoms with Gasteiger partial charge in [0.25, 0.3) is 0 Å². The van der Waals surface area contributed by atoms with Crippen molar-refractivity contribution in [3.8, 4) is 11.1 Å². The average molecular weight is 651 g/mol. The minimum Gasteiger partial charge on any atom is -0.449 e. The normalized spacial score (nSPS) is 12.5. The molecule has 1 atom stereocenters. The smallest absolute Gasteiger partial charge is 0.407 e. The standard InChI is InChI=1S/C32H42N6O7Si/c1-5-10-26(31(43)36-16-28(40)34-15-27(33)39)38(20-46(2,3)4)30(42)18-35-29(41)17-37-32(44)45-19-25-23-13-8-6-11-21(23)22-12-7-9-14-24(22)25/h5-9,11-14,25-26H,1,10,15-20H2,2-4H3,(H2,33,39)(H,34,40)(H,35,41)(H,36,43)(H,37,44). The molecule has 2 aromatic carbocycles. The molecule has 46 heavy (non-hydrogen) atoms. The average Bonchev–Trinajstić information content (AvgIpc) is 3.34. The lowest BCUT2D eigenvalue weighted by Crippen LogP contribution is -2.57. The van der Waals surface area contributed by atoms with E-state index >= 15 is 0 Å². The van der Waals surface area contributed by atoms with E-state index in [-0.39, 0.29) is 25.5 Å². The quantitative estimate of drug-likeness (QED) is 0.132. The molecule has 13 nitrogen and oxygen atoms in total. The van der Waals surface area contributed by atoms with Gasteiger partial charge in [0, 0.05) is 12.1 Å². The van der Waals surface area contributed by atoms with Crippen LogP contribution in [0.5, 0.6) is 0 Å². The van der Waals surface area contributed by atoms with E-state index < -0.39 is 69.4 Å². The van der Waals surface area contributed by atoms with Gasteiger partial charge in [0.2, 0.25) is 29.5 Å². The third-order valence-corrected chi connectivity index (χ3v) is 8.38. The van der Waals surface area contributed by atoms with Crippen LogP contribution in [0.25, 0.3) is 11.1 Å². The van der Waals surface area contributed by atoms with Crippen LogP contribution < -0.4 is 27.0 Å². The first kappa shape index (κ1) is 35.5. The number of amides is 6. The molecule has 0 heterocycles. The molecule has 1 unspecified atom stereocenters. The molecule has 0 saturated heterocycles. The van der Waals surface area contributed by atoms with Crippen molar-refractivity contribution in [1.82, 2.24) is 26.2 Å². The fourth-order valence-electron chi connectivity index (χ4n) is 5.09.